The maximum atomic E-state index is 14.5. The van der Waals surface area contributed by atoms with Gasteiger partial charge in [-0.3, -0.25) is 0 Å². The fourth-order valence-electron chi connectivity index (χ4n) is 4.67. The molecule has 1 atom stereocenters. The Labute approximate surface area is 165 Å². The van der Waals surface area contributed by atoms with E-state index in [0.717, 1.165) is 34.4 Å². The van der Waals surface area contributed by atoms with Gasteiger partial charge in [0, 0.05) is 23.7 Å². The highest BCUT2D eigenvalue weighted by molar-refractivity contribution is 5.72. The van der Waals surface area contributed by atoms with Gasteiger partial charge in [-0.15, -0.1) is 0 Å². The zero-order chi connectivity index (χ0) is 18.9. The summed E-state index contributed by atoms with van der Waals surface area (Å²) in [5.74, 6) is 0.553. The van der Waals surface area contributed by atoms with Crippen LogP contribution in [0.15, 0.2) is 54.7 Å². The molecule has 4 heteroatoms. The Morgan fingerprint density at radius 3 is 2.46 bits per heavy atom. The summed E-state index contributed by atoms with van der Waals surface area (Å²) in [4.78, 5) is 9.48. The second-order valence-electron chi connectivity index (χ2n) is 7.91. The summed E-state index contributed by atoms with van der Waals surface area (Å²) in [7, 11) is 0. The largest absolute Gasteiger partial charge is 0.351 e. The molecule has 142 valence electrons. The van der Waals surface area contributed by atoms with Gasteiger partial charge in [-0.25, -0.2) is 14.4 Å². The van der Waals surface area contributed by atoms with E-state index < -0.39 is 0 Å². The molecule has 1 heterocycles. The fraction of sp³-hybridized carbons (Fsp3) is 0.333. The molecule has 3 nitrogen and oxygen atoms in total. The third-order valence-electron chi connectivity index (χ3n) is 6.10. The first kappa shape index (κ1) is 17.4. The zero-order valence-electron chi connectivity index (χ0n) is 15.9. The Morgan fingerprint density at radius 2 is 1.64 bits per heavy atom. The van der Waals surface area contributed by atoms with Crippen molar-refractivity contribution in [1.82, 2.24) is 9.97 Å². The Hall–Kier alpha value is -2.75. The van der Waals surface area contributed by atoms with E-state index in [-0.39, 0.29) is 11.7 Å². The molecule has 0 aliphatic heterocycles. The molecule has 2 aliphatic carbocycles. The van der Waals surface area contributed by atoms with Crippen molar-refractivity contribution in [3.8, 4) is 11.3 Å². The van der Waals surface area contributed by atoms with Gasteiger partial charge >= 0.3 is 0 Å². The Morgan fingerprint density at radius 1 is 0.893 bits per heavy atom. The third kappa shape index (κ3) is 3.17. The van der Waals surface area contributed by atoms with Crippen molar-refractivity contribution >= 4 is 5.95 Å². The molecule has 1 fully saturated rings. The smallest absolute Gasteiger partial charge is 0.223 e. The van der Waals surface area contributed by atoms with E-state index in [9.17, 15) is 4.39 Å². The van der Waals surface area contributed by atoms with E-state index in [4.69, 9.17) is 4.98 Å². The number of hydrogen-bond acceptors (Lipinski definition) is 3. The van der Waals surface area contributed by atoms with Gasteiger partial charge in [-0.2, -0.15) is 0 Å². The lowest BCUT2D eigenvalue weighted by Gasteiger charge is -2.28. The second kappa shape index (κ2) is 7.34. The summed E-state index contributed by atoms with van der Waals surface area (Å²) in [5, 5.41) is 3.53. The average molecular weight is 373 g/mol. The molecular formula is C24H24FN3. The molecule has 0 spiro atoms. The number of rotatable bonds is 3. The minimum Gasteiger partial charge on any atom is -0.351 e. The monoisotopic (exact) mass is 373 g/mol. The summed E-state index contributed by atoms with van der Waals surface area (Å²) >= 11 is 0. The van der Waals surface area contributed by atoms with Crippen molar-refractivity contribution in [2.24, 2.45) is 0 Å². The number of fused-ring (bicyclic) bond motifs is 3. The molecule has 1 saturated carbocycles. The van der Waals surface area contributed by atoms with Crippen LogP contribution in [0.2, 0.25) is 0 Å². The van der Waals surface area contributed by atoms with Crippen molar-refractivity contribution in [1.29, 1.82) is 0 Å². The third-order valence-corrected chi connectivity index (χ3v) is 6.10. The number of halogens is 1. The van der Waals surface area contributed by atoms with Crippen molar-refractivity contribution in [2.45, 2.75) is 50.5 Å². The molecule has 5 rings (SSSR count). The van der Waals surface area contributed by atoms with Crippen LogP contribution in [0.3, 0.4) is 0 Å². The van der Waals surface area contributed by atoms with E-state index in [1.54, 1.807) is 12.1 Å². The SMILES string of the molecule is Fc1ccccc1C1Cc2cnc(NC3CCCCC3)nc2-c2ccccc21. The van der Waals surface area contributed by atoms with Crippen LogP contribution in [0.1, 0.15) is 54.7 Å². The highest BCUT2D eigenvalue weighted by Crippen LogP contribution is 2.42. The van der Waals surface area contributed by atoms with Gasteiger partial charge in [-0.1, -0.05) is 61.7 Å². The van der Waals surface area contributed by atoms with E-state index in [1.807, 2.05) is 30.5 Å². The number of nitrogens with one attached hydrogen (secondary N) is 1. The molecule has 1 N–H and O–H groups in total. The van der Waals surface area contributed by atoms with E-state index in [1.165, 1.54) is 32.1 Å². The molecule has 28 heavy (non-hydrogen) atoms. The highest BCUT2D eigenvalue weighted by Gasteiger charge is 2.29. The quantitative estimate of drug-likeness (QED) is 0.638. The molecule has 2 aromatic carbocycles. The highest BCUT2D eigenvalue weighted by atomic mass is 19.1. The van der Waals surface area contributed by atoms with Crippen molar-refractivity contribution < 1.29 is 4.39 Å². The fourth-order valence-corrected chi connectivity index (χ4v) is 4.67. The van der Waals surface area contributed by atoms with Gasteiger partial charge < -0.3 is 5.32 Å². The lowest BCUT2D eigenvalue weighted by atomic mass is 9.78. The van der Waals surface area contributed by atoms with Crippen LogP contribution in [0, 0.1) is 5.82 Å². The Balaban J connectivity index is 1.53. The van der Waals surface area contributed by atoms with Crippen LogP contribution in [0.5, 0.6) is 0 Å². The summed E-state index contributed by atoms with van der Waals surface area (Å²) in [6, 6.07) is 15.8. The van der Waals surface area contributed by atoms with Crippen LogP contribution < -0.4 is 5.32 Å². The predicted octanol–water partition coefficient (Wildman–Crippen LogP) is 5.72. The average Bonchev–Trinajstić information content (AvgIpc) is 2.75. The summed E-state index contributed by atoms with van der Waals surface area (Å²) < 4.78 is 14.5. The van der Waals surface area contributed by atoms with Crippen molar-refractivity contribution in [2.75, 3.05) is 5.32 Å². The summed E-state index contributed by atoms with van der Waals surface area (Å²) in [6.45, 7) is 0. The lowest BCUT2D eigenvalue weighted by Crippen LogP contribution is -2.24. The standard InChI is InChI=1S/C24H24FN3/c25-22-13-7-6-11-19(22)21-14-16-15-26-24(27-17-8-2-1-3-9-17)28-23(16)20-12-5-4-10-18(20)21/h4-7,10-13,15,17,21H,1-3,8-9,14H2,(H,26,27,28). The number of aromatic nitrogens is 2. The van der Waals surface area contributed by atoms with Crippen LogP contribution in [0.4, 0.5) is 10.3 Å². The number of benzene rings is 2. The number of anilines is 1. The molecule has 0 saturated heterocycles. The molecule has 2 aliphatic rings. The maximum Gasteiger partial charge on any atom is 0.223 e. The Kier molecular flexibility index (Phi) is 4.55. The summed E-state index contributed by atoms with van der Waals surface area (Å²) in [6.07, 6.45) is 8.90. The molecular weight excluding hydrogens is 349 g/mol. The van der Waals surface area contributed by atoms with E-state index in [2.05, 4.69) is 22.4 Å². The van der Waals surface area contributed by atoms with E-state index in [0.29, 0.717) is 12.0 Å². The number of hydrogen-bond donors (Lipinski definition) is 1. The van der Waals surface area contributed by atoms with Gasteiger partial charge in [0.2, 0.25) is 5.95 Å². The first-order valence-electron chi connectivity index (χ1n) is 10.3. The van der Waals surface area contributed by atoms with Gasteiger partial charge in [0.1, 0.15) is 5.82 Å². The lowest BCUT2D eigenvalue weighted by molar-refractivity contribution is 0.461. The van der Waals surface area contributed by atoms with Gasteiger partial charge in [0.15, 0.2) is 0 Å². The van der Waals surface area contributed by atoms with Crippen molar-refractivity contribution in [3.63, 3.8) is 0 Å². The normalized spacial score (nSPS) is 19.0. The molecule has 3 aromatic rings. The van der Waals surface area contributed by atoms with Crippen molar-refractivity contribution in [3.05, 3.63) is 77.2 Å². The van der Waals surface area contributed by atoms with Crippen LogP contribution in [0.25, 0.3) is 11.3 Å². The van der Waals surface area contributed by atoms with Crippen LogP contribution in [-0.2, 0) is 6.42 Å². The first-order valence-corrected chi connectivity index (χ1v) is 10.3. The van der Waals surface area contributed by atoms with Crippen LogP contribution >= 0.6 is 0 Å². The topological polar surface area (TPSA) is 37.8 Å². The predicted molar refractivity (Wildman–Crippen MR) is 110 cm³/mol. The minimum absolute atomic E-state index is 0.00865. The van der Waals surface area contributed by atoms with Gasteiger partial charge in [0.25, 0.3) is 0 Å². The Bertz CT molecular complexity index is 995. The molecule has 0 radical (unpaired) electrons. The maximum absolute atomic E-state index is 14.5. The van der Waals surface area contributed by atoms with Gasteiger partial charge in [-0.05, 0) is 42.0 Å². The molecule has 0 amide bonds. The minimum atomic E-state index is -0.151. The zero-order valence-corrected chi connectivity index (χ0v) is 15.9. The van der Waals surface area contributed by atoms with Gasteiger partial charge in [0.05, 0.1) is 5.69 Å². The summed E-state index contributed by atoms with van der Waals surface area (Å²) in [5.41, 5.74) is 5.04. The molecule has 0 bridgehead atoms. The second-order valence-corrected chi connectivity index (χ2v) is 7.91. The molecule has 1 aromatic heterocycles. The first-order chi connectivity index (χ1) is 13.8. The van der Waals surface area contributed by atoms with E-state index >= 15 is 0 Å². The van der Waals surface area contributed by atoms with Crippen LogP contribution in [-0.4, -0.2) is 16.0 Å². The molecule has 1 unspecified atom stereocenters. The number of nitrogens with zero attached hydrogens (tertiary/aromatic N) is 2.